The molecule has 124 valence electrons. The van der Waals surface area contributed by atoms with Crippen LogP contribution in [0.2, 0.25) is 0 Å². The number of ether oxygens (including phenoxy) is 1. The molecule has 0 aliphatic heterocycles. The summed E-state index contributed by atoms with van der Waals surface area (Å²) in [6, 6.07) is 12.0. The SMILES string of the molecule is C#CCOc1cccc(NC(=O)NCC(O)c2ccccc2F)c1. The van der Waals surface area contributed by atoms with Gasteiger partial charge < -0.3 is 20.5 Å². The standard InChI is InChI=1S/C18H17FN2O3/c1-2-10-24-14-7-5-6-13(11-14)21-18(23)20-12-17(22)15-8-3-4-9-16(15)19/h1,3-9,11,17,22H,10,12H2,(H2,20,21,23). The number of halogens is 1. The van der Waals surface area contributed by atoms with E-state index in [1.54, 1.807) is 30.3 Å². The van der Waals surface area contributed by atoms with E-state index in [1.807, 2.05) is 0 Å². The first-order chi connectivity index (χ1) is 11.6. The summed E-state index contributed by atoms with van der Waals surface area (Å²) in [6.45, 7) is 0.00450. The van der Waals surface area contributed by atoms with Crippen LogP contribution in [-0.4, -0.2) is 24.3 Å². The lowest BCUT2D eigenvalue weighted by molar-refractivity contribution is 0.170. The summed E-state index contributed by atoms with van der Waals surface area (Å²) in [4.78, 5) is 11.9. The van der Waals surface area contributed by atoms with Gasteiger partial charge in [0.25, 0.3) is 0 Å². The maximum atomic E-state index is 13.5. The summed E-state index contributed by atoms with van der Waals surface area (Å²) in [5.74, 6) is 2.35. The molecule has 0 aliphatic carbocycles. The van der Waals surface area contributed by atoms with Gasteiger partial charge in [-0.05, 0) is 18.2 Å². The van der Waals surface area contributed by atoms with Crippen molar-refractivity contribution in [1.29, 1.82) is 0 Å². The van der Waals surface area contributed by atoms with Crippen molar-refractivity contribution in [2.45, 2.75) is 6.10 Å². The first-order valence-electron chi connectivity index (χ1n) is 7.24. The van der Waals surface area contributed by atoms with Crippen LogP contribution in [0, 0.1) is 18.2 Å². The number of rotatable bonds is 6. The Morgan fingerprint density at radius 1 is 1.29 bits per heavy atom. The molecule has 0 saturated heterocycles. The Labute approximate surface area is 139 Å². The zero-order valence-electron chi connectivity index (χ0n) is 12.8. The van der Waals surface area contributed by atoms with Crippen molar-refractivity contribution in [1.82, 2.24) is 5.32 Å². The molecule has 3 N–H and O–H groups in total. The third-order valence-corrected chi connectivity index (χ3v) is 3.13. The zero-order chi connectivity index (χ0) is 17.4. The molecule has 2 aromatic rings. The highest BCUT2D eigenvalue weighted by Crippen LogP contribution is 2.18. The minimum atomic E-state index is -1.14. The van der Waals surface area contributed by atoms with Gasteiger partial charge in [-0.2, -0.15) is 0 Å². The maximum Gasteiger partial charge on any atom is 0.319 e. The minimum absolute atomic E-state index is 0.125. The molecule has 0 heterocycles. The van der Waals surface area contributed by atoms with Crippen LogP contribution < -0.4 is 15.4 Å². The van der Waals surface area contributed by atoms with Crippen molar-refractivity contribution in [3.63, 3.8) is 0 Å². The lowest BCUT2D eigenvalue weighted by atomic mass is 10.1. The van der Waals surface area contributed by atoms with Crippen LogP contribution >= 0.6 is 0 Å². The Morgan fingerprint density at radius 3 is 2.83 bits per heavy atom. The van der Waals surface area contributed by atoms with E-state index in [0.29, 0.717) is 11.4 Å². The molecule has 0 radical (unpaired) electrons. The number of nitrogens with one attached hydrogen (secondary N) is 2. The Morgan fingerprint density at radius 2 is 2.08 bits per heavy atom. The summed E-state index contributed by atoms with van der Waals surface area (Å²) < 4.78 is 18.8. The molecule has 24 heavy (non-hydrogen) atoms. The average molecular weight is 328 g/mol. The van der Waals surface area contributed by atoms with Crippen molar-refractivity contribution in [2.75, 3.05) is 18.5 Å². The molecular weight excluding hydrogens is 311 g/mol. The molecule has 2 rings (SSSR count). The van der Waals surface area contributed by atoms with Crippen LogP contribution in [0.5, 0.6) is 5.75 Å². The lowest BCUT2D eigenvalue weighted by Crippen LogP contribution is -2.32. The number of aliphatic hydroxyl groups excluding tert-OH is 1. The van der Waals surface area contributed by atoms with E-state index >= 15 is 0 Å². The van der Waals surface area contributed by atoms with Gasteiger partial charge in [-0.15, -0.1) is 6.42 Å². The van der Waals surface area contributed by atoms with Crippen LogP contribution in [0.3, 0.4) is 0 Å². The number of urea groups is 1. The van der Waals surface area contributed by atoms with Gasteiger partial charge in [0.1, 0.15) is 18.2 Å². The molecule has 2 aromatic carbocycles. The van der Waals surface area contributed by atoms with E-state index in [-0.39, 0.29) is 18.7 Å². The molecule has 0 aromatic heterocycles. The summed E-state index contributed by atoms with van der Waals surface area (Å²) in [7, 11) is 0. The van der Waals surface area contributed by atoms with E-state index in [0.717, 1.165) is 0 Å². The van der Waals surface area contributed by atoms with E-state index < -0.39 is 18.0 Å². The highest BCUT2D eigenvalue weighted by Gasteiger charge is 2.13. The summed E-state index contributed by atoms with van der Waals surface area (Å²) in [5, 5.41) is 15.0. The van der Waals surface area contributed by atoms with Crippen LogP contribution in [0.25, 0.3) is 0 Å². The topological polar surface area (TPSA) is 70.6 Å². The van der Waals surface area contributed by atoms with Gasteiger partial charge in [-0.25, -0.2) is 9.18 Å². The highest BCUT2D eigenvalue weighted by molar-refractivity contribution is 5.89. The van der Waals surface area contributed by atoms with Gasteiger partial charge in [0, 0.05) is 23.9 Å². The zero-order valence-corrected chi connectivity index (χ0v) is 12.8. The predicted octanol–water partition coefficient (Wildman–Crippen LogP) is 2.69. The van der Waals surface area contributed by atoms with Gasteiger partial charge in [0.15, 0.2) is 0 Å². The third kappa shape index (κ3) is 5.00. The number of terminal acetylenes is 1. The number of benzene rings is 2. The number of amides is 2. The largest absolute Gasteiger partial charge is 0.481 e. The lowest BCUT2D eigenvalue weighted by Gasteiger charge is -2.14. The number of anilines is 1. The molecule has 5 nitrogen and oxygen atoms in total. The Kier molecular flexibility index (Phi) is 6.17. The van der Waals surface area contributed by atoms with Crippen LogP contribution in [0.1, 0.15) is 11.7 Å². The highest BCUT2D eigenvalue weighted by atomic mass is 19.1. The number of carbonyl (C=O) groups excluding carboxylic acids is 1. The molecule has 0 aliphatic rings. The Bertz CT molecular complexity index is 743. The molecule has 0 spiro atoms. The van der Waals surface area contributed by atoms with Crippen molar-refractivity contribution >= 4 is 11.7 Å². The van der Waals surface area contributed by atoms with Crippen LogP contribution in [0.4, 0.5) is 14.9 Å². The van der Waals surface area contributed by atoms with Gasteiger partial charge in [0.05, 0.1) is 6.10 Å². The summed E-state index contributed by atoms with van der Waals surface area (Å²) in [5.41, 5.74) is 0.630. The predicted molar refractivity (Wildman–Crippen MR) is 89.2 cm³/mol. The minimum Gasteiger partial charge on any atom is -0.481 e. The second-order valence-corrected chi connectivity index (χ2v) is 4.89. The fraction of sp³-hybridized carbons (Fsp3) is 0.167. The normalized spacial score (nSPS) is 11.2. The monoisotopic (exact) mass is 328 g/mol. The number of carbonyl (C=O) groups is 1. The molecule has 0 fully saturated rings. The van der Waals surface area contributed by atoms with Gasteiger partial charge in [-0.1, -0.05) is 30.2 Å². The maximum absolute atomic E-state index is 13.5. The fourth-order valence-electron chi connectivity index (χ4n) is 2.01. The number of hydrogen-bond donors (Lipinski definition) is 3. The molecule has 6 heteroatoms. The second-order valence-electron chi connectivity index (χ2n) is 4.89. The molecule has 1 unspecified atom stereocenters. The van der Waals surface area contributed by atoms with Crippen molar-refractivity contribution in [3.05, 3.63) is 59.9 Å². The average Bonchev–Trinajstić information content (AvgIpc) is 2.58. The number of aliphatic hydroxyl groups is 1. The van der Waals surface area contributed by atoms with Gasteiger partial charge in [0.2, 0.25) is 0 Å². The van der Waals surface area contributed by atoms with Crippen molar-refractivity contribution in [2.24, 2.45) is 0 Å². The first-order valence-corrected chi connectivity index (χ1v) is 7.24. The second kappa shape index (κ2) is 8.56. The summed E-state index contributed by atoms with van der Waals surface area (Å²) >= 11 is 0. The van der Waals surface area contributed by atoms with Crippen LogP contribution in [0.15, 0.2) is 48.5 Å². The van der Waals surface area contributed by atoms with E-state index in [4.69, 9.17) is 11.2 Å². The third-order valence-electron chi connectivity index (χ3n) is 3.13. The van der Waals surface area contributed by atoms with Crippen molar-refractivity contribution in [3.8, 4) is 18.1 Å². The van der Waals surface area contributed by atoms with Crippen molar-refractivity contribution < 1.29 is 19.0 Å². The quantitative estimate of drug-likeness (QED) is 0.714. The Hall–Kier alpha value is -3.04. The fourth-order valence-corrected chi connectivity index (χ4v) is 2.01. The van der Waals surface area contributed by atoms with Gasteiger partial charge in [-0.3, -0.25) is 0 Å². The first kappa shape index (κ1) is 17.3. The smallest absolute Gasteiger partial charge is 0.319 e. The molecule has 2 amide bonds. The molecular formula is C18H17FN2O3. The van der Waals surface area contributed by atoms with Gasteiger partial charge >= 0.3 is 6.03 Å². The molecule has 0 saturated carbocycles. The van der Waals surface area contributed by atoms with Crippen LogP contribution in [-0.2, 0) is 0 Å². The van der Waals surface area contributed by atoms with E-state index in [2.05, 4.69) is 16.6 Å². The van der Waals surface area contributed by atoms with E-state index in [9.17, 15) is 14.3 Å². The van der Waals surface area contributed by atoms with E-state index in [1.165, 1.54) is 18.2 Å². The Balaban J connectivity index is 1.87. The number of hydrogen-bond acceptors (Lipinski definition) is 3. The molecule has 0 bridgehead atoms. The summed E-state index contributed by atoms with van der Waals surface area (Å²) in [6.07, 6.45) is 3.98. The molecule has 1 atom stereocenters.